The number of halogens is 1. The van der Waals surface area contributed by atoms with Gasteiger partial charge in [0.15, 0.2) is 0 Å². The Labute approximate surface area is 80.4 Å². The summed E-state index contributed by atoms with van der Waals surface area (Å²) in [5.74, 6) is -0.0653. The minimum atomic E-state index is -0.502. The van der Waals surface area contributed by atoms with Crippen LogP contribution in [0.2, 0.25) is 0 Å². The van der Waals surface area contributed by atoms with Gasteiger partial charge in [0, 0.05) is 11.8 Å². The Morgan fingerprint density at radius 1 is 1.14 bits per heavy atom. The molecule has 2 heterocycles. The van der Waals surface area contributed by atoms with Gasteiger partial charge >= 0.3 is 0 Å². The van der Waals surface area contributed by atoms with Crippen LogP contribution in [-0.2, 0) is 0 Å². The van der Waals surface area contributed by atoms with Crippen LogP contribution in [0.5, 0.6) is 0 Å². The lowest BCUT2D eigenvalue weighted by molar-refractivity contribution is 0.584. The first-order chi connectivity index (χ1) is 6.75. The molecule has 0 fully saturated rings. The summed E-state index contributed by atoms with van der Waals surface area (Å²) in [6.07, 6.45) is 1.43. The van der Waals surface area contributed by atoms with E-state index in [0.717, 1.165) is 5.56 Å². The molecule has 0 aromatic carbocycles. The van der Waals surface area contributed by atoms with Crippen LogP contribution in [0, 0.1) is 5.95 Å². The van der Waals surface area contributed by atoms with E-state index in [-0.39, 0.29) is 0 Å². The van der Waals surface area contributed by atoms with E-state index < -0.39 is 5.95 Å². The highest BCUT2D eigenvalue weighted by molar-refractivity contribution is 5.59. The standard InChI is InChI=1S/C10H8FN3/c11-9-5-4-7(6-13-9)8-2-1-3-10(12)14-8/h1-6H,(H2,12,14). The predicted octanol–water partition coefficient (Wildman–Crippen LogP) is 1.86. The highest BCUT2D eigenvalue weighted by atomic mass is 19.1. The number of rotatable bonds is 1. The second-order valence-corrected chi connectivity index (χ2v) is 2.82. The van der Waals surface area contributed by atoms with Gasteiger partial charge in [-0.3, -0.25) is 0 Å². The Morgan fingerprint density at radius 2 is 2.00 bits per heavy atom. The number of nitrogens with zero attached hydrogens (tertiary/aromatic N) is 2. The van der Waals surface area contributed by atoms with Crippen molar-refractivity contribution in [3.8, 4) is 11.3 Å². The van der Waals surface area contributed by atoms with Gasteiger partial charge in [0.25, 0.3) is 0 Å². The molecule has 2 N–H and O–H groups in total. The topological polar surface area (TPSA) is 51.8 Å². The summed E-state index contributed by atoms with van der Waals surface area (Å²) in [5, 5.41) is 0. The lowest BCUT2D eigenvalue weighted by Gasteiger charge is -2.00. The average molecular weight is 189 g/mol. The van der Waals surface area contributed by atoms with Crippen LogP contribution in [-0.4, -0.2) is 9.97 Å². The highest BCUT2D eigenvalue weighted by Gasteiger charge is 1.99. The first-order valence-electron chi connectivity index (χ1n) is 4.10. The molecule has 0 aliphatic carbocycles. The molecule has 2 rings (SSSR count). The Balaban J connectivity index is 2.44. The molecule has 0 bridgehead atoms. The SMILES string of the molecule is Nc1cccc(-c2ccc(F)nc2)n1. The summed E-state index contributed by atoms with van der Waals surface area (Å²) in [4.78, 5) is 7.63. The van der Waals surface area contributed by atoms with Crippen molar-refractivity contribution in [1.29, 1.82) is 0 Å². The zero-order valence-electron chi connectivity index (χ0n) is 7.31. The molecule has 4 heteroatoms. The van der Waals surface area contributed by atoms with E-state index in [1.54, 1.807) is 24.3 Å². The molecule has 0 aliphatic rings. The average Bonchev–Trinajstić information content (AvgIpc) is 2.19. The molecule has 0 spiro atoms. The molecule has 0 atom stereocenters. The minimum Gasteiger partial charge on any atom is -0.384 e. The lowest BCUT2D eigenvalue weighted by atomic mass is 10.2. The molecule has 3 nitrogen and oxygen atoms in total. The van der Waals surface area contributed by atoms with E-state index in [1.165, 1.54) is 12.3 Å². The molecule has 70 valence electrons. The third-order valence-electron chi connectivity index (χ3n) is 1.79. The van der Waals surface area contributed by atoms with E-state index in [0.29, 0.717) is 11.5 Å². The number of aromatic nitrogens is 2. The van der Waals surface area contributed by atoms with Gasteiger partial charge in [-0.25, -0.2) is 9.97 Å². The van der Waals surface area contributed by atoms with Crippen molar-refractivity contribution in [2.75, 3.05) is 5.73 Å². The Bertz CT molecular complexity index is 439. The number of hydrogen-bond acceptors (Lipinski definition) is 3. The van der Waals surface area contributed by atoms with Crippen LogP contribution >= 0.6 is 0 Å². The van der Waals surface area contributed by atoms with E-state index >= 15 is 0 Å². The summed E-state index contributed by atoms with van der Waals surface area (Å²) in [6, 6.07) is 8.19. The first-order valence-corrected chi connectivity index (χ1v) is 4.10. The predicted molar refractivity (Wildman–Crippen MR) is 51.8 cm³/mol. The van der Waals surface area contributed by atoms with Crippen LogP contribution in [0.15, 0.2) is 36.5 Å². The third kappa shape index (κ3) is 1.69. The van der Waals surface area contributed by atoms with Crippen molar-refractivity contribution in [2.45, 2.75) is 0 Å². The monoisotopic (exact) mass is 189 g/mol. The summed E-state index contributed by atoms with van der Waals surface area (Å²) >= 11 is 0. The van der Waals surface area contributed by atoms with Gasteiger partial charge in [-0.05, 0) is 24.3 Å². The van der Waals surface area contributed by atoms with Crippen molar-refractivity contribution < 1.29 is 4.39 Å². The normalized spacial score (nSPS) is 10.1. The van der Waals surface area contributed by atoms with Crippen LogP contribution in [0.4, 0.5) is 10.2 Å². The minimum absolute atomic E-state index is 0.437. The number of nitrogens with two attached hydrogens (primary N) is 1. The fourth-order valence-corrected chi connectivity index (χ4v) is 1.14. The largest absolute Gasteiger partial charge is 0.384 e. The molecule has 2 aromatic rings. The molecular formula is C10H8FN3. The van der Waals surface area contributed by atoms with Crippen molar-refractivity contribution in [3.05, 3.63) is 42.5 Å². The van der Waals surface area contributed by atoms with Crippen molar-refractivity contribution >= 4 is 5.82 Å². The first kappa shape index (κ1) is 8.62. The molecule has 0 saturated heterocycles. The van der Waals surface area contributed by atoms with E-state index in [2.05, 4.69) is 9.97 Å². The smallest absolute Gasteiger partial charge is 0.212 e. The number of anilines is 1. The van der Waals surface area contributed by atoms with Crippen molar-refractivity contribution in [3.63, 3.8) is 0 Å². The van der Waals surface area contributed by atoms with Crippen LogP contribution < -0.4 is 5.73 Å². The summed E-state index contributed by atoms with van der Waals surface area (Å²) in [7, 11) is 0. The van der Waals surface area contributed by atoms with Crippen molar-refractivity contribution in [2.24, 2.45) is 0 Å². The lowest BCUT2D eigenvalue weighted by Crippen LogP contribution is -1.92. The molecule has 0 unspecified atom stereocenters. The Kier molecular flexibility index (Phi) is 2.10. The molecular weight excluding hydrogens is 181 g/mol. The fourth-order valence-electron chi connectivity index (χ4n) is 1.14. The van der Waals surface area contributed by atoms with E-state index in [4.69, 9.17) is 5.73 Å². The van der Waals surface area contributed by atoms with E-state index in [1.807, 2.05) is 0 Å². The van der Waals surface area contributed by atoms with Crippen molar-refractivity contribution in [1.82, 2.24) is 9.97 Å². The quantitative estimate of drug-likeness (QED) is 0.696. The summed E-state index contributed by atoms with van der Waals surface area (Å²) in [6.45, 7) is 0. The number of nitrogen functional groups attached to an aromatic ring is 1. The zero-order chi connectivity index (χ0) is 9.97. The summed E-state index contributed by atoms with van der Waals surface area (Å²) in [5.41, 5.74) is 6.96. The second kappa shape index (κ2) is 3.41. The molecule has 14 heavy (non-hydrogen) atoms. The molecule has 2 aromatic heterocycles. The number of hydrogen-bond donors (Lipinski definition) is 1. The molecule has 0 aliphatic heterocycles. The van der Waals surface area contributed by atoms with Gasteiger partial charge in [-0.15, -0.1) is 0 Å². The number of pyridine rings is 2. The van der Waals surface area contributed by atoms with Gasteiger partial charge in [-0.1, -0.05) is 6.07 Å². The zero-order valence-corrected chi connectivity index (χ0v) is 7.31. The highest BCUT2D eigenvalue weighted by Crippen LogP contribution is 2.16. The third-order valence-corrected chi connectivity index (χ3v) is 1.79. The van der Waals surface area contributed by atoms with Crippen LogP contribution in [0.25, 0.3) is 11.3 Å². The maximum absolute atomic E-state index is 12.5. The maximum Gasteiger partial charge on any atom is 0.212 e. The molecule has 0 saturated carbocycles. The van der Waals surface area contributed by atoms with Gasteiger partial charge < -0.3 is 5.73 Å². The van der Waals surface area contributed by atoms with Gasteiger partial charge in [0.1, 0.15) is 5.82 Å². The van der Waals surface area contributed by atoms with Crippen LogP contribution in [0.1, 0.15) is 0 Å². The fraction of sp³-hybridized carbons (Fsp3) is 0. The van der Waals surface area contributed by atoms with Gasteiger partial charge in [0.2, 0.25) is 5.95 Å². The maximum atomic E-state index is 12.5. The summed E-state index contributed by atoms with van der Waals surface area (Å²) < 4.78 is 12.5. The van der Waals surface area contributed by atoms with E-state index in [9.17, 15) is 4.39 Å². The van der Waals surface area contributed by atoms with Crippen LogP contribution in [0.3, 0.4) is 0 Å². The van der Waals surface area contributed by atoms with Gasteiger partial charge in [0.05, 0.1) is 5.69 Å². The molecule has 0 amide bonds. The Morgan fingerprint density at radius 3 is 2.64 bits per heavy atom. The second-order valence-electron chi connectivity index (χ2n) is 2.82. The Hall–Kier alpha value is -1.97. The molecule has 0 radical (unpaired) electrons. The van der Waals surface area contributed by atoms with Gasteiger partial charge in [-0.2, -0.15) is 4.39 Å².